The van der Waals surface area contributed by atoms with Crippen LogP contribution in [0.15, 0.2) is 47.5 Å². The molecule has 0 radical (unpaired) electrons. The first kappa shape index (κ1) is 40.2. The number of amides is 2. The number of fused-ring (bicyclic) bond motifs is 6. The van der Waals surface area contributed by atoms with E-state index in [2.05, 4.69) is 18.8 Å². The van der Waals surface area contributed by atoms with Crippen LogP contribution >= 0.6 is 0 Å². The topological polar surface area (TPSA) is 88.5 Å². The zero-order valence-electron chi connectivity index (χ0n) is 33.6. The lowest BCUT2D eigenvalue weighted by atomic mass is 9.45. The highest BCUT2D eigenvalue weighted by molar-refractivity contribution is 6.15. The van der Waals surface area contributed by atoms with Crippen LogP contribution in [0.1, 0.15) is 116 Å². The van der Waals surface area contributed by atoms with Crippen molar-refractivity contribution in [2.24, 2.45) is 39.5 Å². The monoisotopic (exact) mass is 789 g/mol. The molecule has 1 saturated heterocycles. The lowest BCUT2D eigenvalue weighted by molar-refractivity contribution is -0.169. The Morgan fingerprint density at radius 3 is 2.40 bits per heavy atom. The van der Waals surface area contributed by atoms with Gasteiger partial charge in [0.1, 0.15) is 12.4 Å². The predicted octanol–water partition coefficient (Wildman–Crippen LogP) is 8.20. The van der Waals surface area contributed by atoms with E-state index in [4.69, 9.17) is 9.47 Å². The molecule has 2 heterocycles. The largest absolute Gasteiger partial charge is 0.381 e. The van der Waals surface area contributed by atoms with Crippen LogP contribution in [0.2, 0.25) is 0 Å². The molecule has 2 aliphatic heterocycles. The Labute approximate surface area is 334 Å². The number of benzene rings is 2. The molecule has 0 spiro atoms. The Bertz CT molecular complexity index is 1880. The second-order valence-electron chi connectivity index (χ2n) is 18.3. The van der Waals surface area contributed by atoms with Crippen molar-refractivity contribution in [3.63, 3.8) is 0 Å². The molecule has 8 nitrogen and oxygen atoms in total. The van der Waals surface area contributed by atoms with Crippen molar-refractivity contribution in [2.75, 3.05) is 52.5 Å². The van der Waals surface area contributed by atoms with Crippen molar-refractivity contribution in [1.82, 2.24) is 9.80 Å². The van der Waals surface area contributed by atoms with E-state index in [0.717, 1.165) is 55.4 Å². The lowest BCUT2D eigenvalue weighted by Crippen LogP contribution is -2.55. The smallest absolute Gasteiger partial charge is 0.256 e. The number of ketones is 1. The van der Waals surface area contributed by atoms with E-state index in [0.29, 0.717) is 82.2 Å². The second-order valence-corrected chi connectivity index (χ2v) is 18.3. The molecule has 57 heavy (non-hydrogen) atoms. The van der Waals surface area contributed by atoms with Gasteiger partial charge in [0.2, 0.25) is 11.8 Å². The number of hydrogen-bond acceptors (Lipinski definition) is 6. The summed E-state index contributed by atoms with van der Waals surface area (Å²) in [5.41, 5.74) is 3.06. The van der Waals surface area contributed by atoms with Gasteiger partial charge in [-0.1, -0.05) is 44.2 Å². The third kappa shape index (κ3) is 7.96. The maximum Gasteiger partial charge on any atom is 0.256 e. The van der Waals surface area contributed by atoms with Crippen LogP contribution in [0.5, 0.6) is 0 Å². The third-order valence-electron chi connectivity index (χ3n) is 15.3. The maximum atomic E-state index is 15.0. The summed E-state index contributed by atoms with van der Waals surface area (Å²) in [6.07, 6.45) is 8.91. The van der Waals surface area contributed by atoms with Gasteiger partial charge in [0.05, 0.1) is 24.7 Å². The number of carbonyl (C=O) groups excluding carboxylic acids is 3. The molecular weight excluding hydrogens is 732 g/mol. The van der Waals surface area contributed by atoms with Crippen LogP contribution in [0.3, 0.4) is 0 Å². The van der Waals surface area contributed by atoms with Crippen LogP contribution in [0.25, 0.3) is 0 Å². The summed E-state index contributed by atoms with van der Waals surface area (Å²) in [6.45, 7) is 7.65. The Hall–Kier alpha value is -3.57. The molecule has 11 heteroatoms. The first-order chi connectivity index (χ1) is 27.4. The van der Waals surface area contributed by atoms with Gasteiger partial charge in [0, 0.05) is 75.5 Å². The number of nitrogens with zero attached hydrogens (tertiary/aromatic N) is 3. The summed E-state index contributed by atoms with van der Waals surface area (Å²) in [4.78, 5) is 46.5. The molecule has 0 unspecified atom stereocenters. The fourth-order valence-corrected chi connectivity index (χ4v) is 12.0. The van der Waals surface area contributed by atoms with Crippen molar-refractivity contribution < 1.29 is 37.0 Å². The van der Waals surface area contributed by atoms with Crippen LogP contribution in [-0.2, 0) is 20.7 Å². The number of hydrogen-bond donors (Lipinski definition) is 0. The average Bonchev–Trinajstić information content (AvgIpc) is 3.55. The molecule has 0 bridgehead atoms. The zero-order valence-corrected chi connectivity index (χ0v) is 33.6. The molecule has 2 aromatic carbocycles. The quantitative estimate of drug-likeness (QED) is 0.214. The van der Waals surface area contributed by atoms with Gasteiger partial charge < -0.3 is 19.3 Å². The summed E-state index contributed by atoms with van der Waals surface area (Å²) in [5, 5.41) is 0. The van der Waals surface area contributed by atoms with Crippen LogP contribution in [0.4, 0.5) is 13.2 Å². The Kier molecular flexibility index (Phi) is 11.5. The Balaban J connectivity index is 0.735. The number of ether oxygens (including phenoxy) is 2. The van der Waals surface area contributed by atoms with Crippen LogP contribution in [0, 0.1) is 40.3 Å². The second kappa shape index (κ2) is 16.2. The first-order valence-electron chi connectivity index (χ1n) is 21.4. The molecule has 4 aliphatic carbocycles. The molecule has 7 atom stereocenters. The summed E-state index contributed by atoms with van der Waals surface area (Å²) in [7, 11) is 0. The predicted molar refractivity (Wildman–Crippen MR) is 211 cm³/mol. The first-order valence-corrected chi connectivity index (χ1v) is 21.4. The van der Waals surface area contributed by atoms with E-state index in [1.165, 1.54) is 12.5 Å². The number of piperazine rings is 1. The van der Waals surface area contributed by atoms with Gasteiger partial charge in [-0.25, -0.2) is 13.2 Å². The number of Topliss-reactive ketones (excluding diaryl/α,β-unsaturated/α-hetero) is 1. The van der Waals surface area contributed by atoms with Gasteiger partial charge in [-0.2, -0.15) is 0 Å². The summed E-state index contributed by atoms with van der Waals surface area (Å²) < 4.78 is 56.0. The van der Waals surface area contributed by atoms with E-state index < -0.39 is 17.6 Å². The number of rotatable bonds is 11. The average molecular weight is 790 g/mol. The summed E-state index contributed by atoms with van der Waals surface area (Å²) in [5.74, 6) is -1.60. The van der Waals surface area contributed by atoms with Crippen LogP contribution < -0.4 is 0 Å². The van der Waals surface area contributed by atoms with Gasteiger partial charge >= 0.3 is 0 Å². The van der Waals surface area contributed by atoms with Gasteiger partial charge in [-0.15, -0.1) is 0 Å². The highest BCUT2D eigenvalue weighted by atomic mass is 19.3. The molecule has 6 aliphatic rings. The van der Waals surface area contributed by atoms with Gasteiger partial charge in [0.15, 0.2) is 5.78 Å². The van der Waals surface area contributed by atoms with E-state index >= 15 is 0 Å². The highest BCUT2D eigenvalue weighted by Crippen LogP contribution is 2.67. The Morgan fingerprint density at radius 1 is 0.842 bits per heavy atom. The number of alkyl halides is 2. The fraction of sp³-hybridized carbons (Fsp3) is 0.652. The molecule has 8 rings (SSSR count). The number of halogens is 3. The standard InChI is InChI=1S/C46H58F3N3O5/c1-44-17-18-46(48,49)28-31(44)9-10-34-36-11-13-41(45(36,2)16-14-37(34)44)57-24-5-23-56-25-15-42(54)51-19-21-52(22-20-51)43(55)35-26-30(8-12-38(35)47)27-39-32-6-3-4-7-33(32)40(53)29-50-39/h3-4,6-8,12,26,31,34,36-37,41H,5,9-11,13-25,27-29H2,1-2H3/t31-,34-,36-,37-,41-,44-,45-/m0/s1. The molecule has 2 amide bonds. The van der Waals surface area contributed by atoms with Crippen molar-refractivity contribution >= 4 is 23.3 Å². The van der Waals surface area contributed by atoms with Crippen molar-refractivity contribution in [2.45, 2.75) is 103 Å². The molecule has 0 aromatic heterocycles. The molecule has 5 fully saturated rings. The SMILES string of the molecule is C[C@]12CCC(F)(F)C[C@@H]1CC[C@@H]1[C@@H]2CC[C@]2(C)[C@@H](OCCCOCCC(=O)N3CCN(C(=O)c4cc(CC5=NCC(=O)c6ccccc65)ccc4F)CC3)CC[C@@H]12. The molecule has 308 valence electrons. The number of carbonyl (C=O) groups is 3. The van der Waals surface area contributed by atoms with E-state index in [1.807, 2.05) is 18.2 Å². The summed E-state index contributed by atoms with van der Waals surface area (Å²) >= 11 is 0. The van der Waals surface area contributed by atoms with Gasteiger partial charge in [0.25, 0.3) is 5.91 Å². The third-order valence-corrected chi connectivity index (χ3v) is 15.3. The van der Waals surface area contributed by atoms with Crippen molar-refractivity contribution in [1.29, 1.82) is 0 Å². The molecule has 2 aromatic rings. The maximum absolute atomic E-state index is 15.0. The van der Waals surface area contributed by atoms with Crippen molar-refractivity contribution in [3.8, 4) is 0 Å². The number of aliphatic imine (C=N–C) groups is 1. The minimum absolute atomic E-state index is 0.00703. The van der Waals surface area contributed by atoms with E-state index in [1.54, 1.807) is 28.0 Å². The molecule has 4 saturated carbocycles. The van der Waals surface area contributed by atoms with E-state index in [-0.39, 0.29) is 65.9 Å². The zero-order chi connectivity index (χ0) is 40.0. The fourth-order valence-electron chi connectivity index (χ4n) is 12.0. The van der Waals surface area contributed by atoms with Gasteiger partial charge in [-0.05, 0) is 104 Å². The van der Waals surface area contributed by atoms with Crippen LogP contribution in [-0.4, -0.2) is 97.7 Å². The van der Waals surface area contributed by atoms with E-state index in [9.17, 15) is 27.6 Å². The molecule has 0 N–H and O–H groups in total. The van der Waals surface area contributed by atoms with Crippen molar-refractivity contribution in [3.05, 3.63) is 70.5 Å². The lowest BCUT2D eigenvalue weighted by Gasteiger charge is -2.61. The van der Waals surface area contributed by atoms with Gasteiger partial charge in [-0.3, -0.25) is 19.4 Å². The Morgan fingerprint density at radius 2 is 1.60 bits per heavy atom. The summed E-state index contributed by atoms with van der Waals surface area (Å²) in [6, 6.07) is 11.9. The minimum Gasteiger partial charge on any atom is -0.381 e. The normalized spacial score (nSPS) is 31.8. The minimum atomic E-state index is -2.49. The highest BCUT2D eigenvalue weighted by Gasteiger charge is 2.62. The molecular formula is C46H58F3N3O5.